The van der Waals surface area contributed by atoms with Crippen molar-refractivity contribution in [2.45, 2.75) is 25.2 Å². The Kier molecular flexibility index (Phi) is 3.80. The molecule has 0 radical (unpaired) electrons. The van der Waals surface area contributed by atoms with E-state index < -0.39 is 0 Å². The zero-order valence-electron chi connectivity index (χ0n) is 10.7. The summed E-state index contributed by atoms with van der Waals surface area (Å²) in [6, 6.07) is 7.85. The molecule has 2 aromatic rings. The van der Waals surface area contributed by atoms with E-state index in [1.165, 1.54) is 18.4 Å². The van der Waals surface area contributed by atoms with Gasteiger partial charge in [-0.15, -0.1) is 0 Å². The highest BCUT2D eigenvalue weighted by Crippen LogP contribution is 2.20. The van der Waals surface area contributed by atoms with Crippen LogP contribution in [0.25, 0.3) is 0 Å². The van der Waals surface area contributed by atoms with E-state index in [2.05, 4.69) is 20.5 Å². The average molecular weight is 277 g/mol. The van der Waals surface area contributed by atoms with Crippen molar-refractivity contribution >= 4 is 11.6 Å². The third kappa shape index (κ3) is 3.14. The molecule has 1 aliphatic rings. The van der Waals surface area contributed by atoms with Crippen LogP contribution in [0, 0.1) is 0 Å². The van der Waals surface area contributed by atoms with Crippen molar-refractivity contribution in [2.24, 2.45) is 0 Å². The molecule has 5 heteroatoms. The SMILES string of the molecule is Clc1ccc(Cc2nc(C3CCCNC3)n[nH]2)cc1. The lowest BCUT2D eigenvalue weighted by molar-refractivity contribution is 0.447. The fraction of sp³-hybridized carbons (Fsp3) is 0.429. The normalized spacial score (nSPS) is 19.5. The molecular weight excluding hydrogens is 260 g/mol. The largest absolute Gasteiger partial charge is 0.316 e. The van der Waals surface area contributed by atoms with Gasteiger partial charge < -0.3 is 5.32 Å². The molecule has 1 aliphatic heterocycles. The molecule has 1 aromatic heterocycles. The first-order valence-electron chi connectivity index (χ1n) is 6.67. The third-order valence-electron chi connectivity index (χ3n) is 3.50. The number of hydrogen-bond acceptors (Lipinski definition) is 3. The Morgan fingerprint density at radius 3 is 2.84 bits per heavy atom. The molecule has 0 amide bonds. The number of hydrogen-bond donors (Lipinski definition) is 2. The van der Waals surface area contributed by atoms with Gasteiger partial charge in [-0.2, -0.15) is 5.10 Å². The summed E-state index contributed by atoms with van der Waals surface area (Å²) in [4.78, 5) is 4.61. The second kappa shape index (κ2) is 5.72. The Morgan fingerprint density at radius 2 is 2.11 bits per heavy atom. The minimum absolute atomic E-state index is 0.448. The topological polar surface area (TPSA) is 53.6 Å². The zero-order chi connectivity index (χ0) is 13.1. The summed E-state index contributed by atoms with van der Waals surface area (Å²) in [6.45, 7) is 2.09. The van der Waals surface area contributed by atoms with Crippen LogP contribution in [0.4, 0.5) is 0 Å². The number of nitrogens with zero attached hydrogens (tertiary/aromatic N) is 2. The quantitative estimate of drug-likeness (QED) is 0.906. The fourth-order valence-corrected chi connectivity index (χ4v) is 2.57. The lowest BCUT2D eigenvalue weighted by Gasteiger charge is -2.19. The van der Waals surface area contributed by atoms with Crippen LogP contribution in [0.2, 0.25) is 5.02 Å². The molecule has 4 nitrogen and oxygen atoms in total. The Labute approximate surface area is 117 Å². The minimum atomic E-state index is 0.448. The van der Waals surface area contributed by atoms with Gasteiger partial charge in [-0.3, -0.25) is 5.10 Å². The second-order valence-electron chi connectivity index (χ2n) is 4.99. The molecular formula is C14H17ClN4. The number of aromatic amines is 1. The smallest absolute Gasteiger partial charge is 0.155 e. The number of aromatic nitrogens is 3. The summed E-state index contributed by atoms with van der Waals surface area (Å²) < 4.78 is 0. The number of halogens is 1. The lowest BCUT2D eigenvalue weighted by atomic mass is 9.99. The zero-order valence-corrected chi connectivity index (χ0v) is 11.5. The lowest BCUT2D eigenvalue weighted by Crippen LogP contribution is -2.28. The first-order chi connectivity index (χ1) is 9.31. The summed E-state index contributed by atoms with van der Waals surface area (Å²) >= 11 is 5.88. The van der Waals surface area contributed by atoms with Gasteiger partial charge in [0.2, 0.25) is 0 Å². The van der Waals surface area contributed by atoms with E-state index >= 15 is 0 Å². The van der Waals surface area contributed by atoms with Crippen molar-refractivity contribution in [3.63, 3.8) is 0 Å². The monoisotopic (exact) mass is 276 g/mol. The van der Waals surface area contributed by atoms with Crippen LogP contribution in [-0.2, 0) is 6.42 Å². The highest BCUT2D eigenvalue weighted by molar-refractivity contribution is 6.30. The summed E-state index contributed by atoms with van der Waals surface area (Å²) in [5.74, 6) is 2.31. The van der Waals surface area contributed by atoms with E-state index in [-0.39, 0.29) is 0 Å². The highest BCUT2D eigenvalue weighted by Gasteiger charge is 2.19. The van der Waals surface area contributed by atoms with Gasteiger partial charge in [-0.05, 0) is 37.1 Å². The highest BCUT2D eigenvalue weighted by atomic mass is 35.5. The van der Waals surface area contributed by atoms with Crippen LogP contribution in [-0.4, -0.2) is 28.3 Å². The van der Waals surface area contributed by atoms with Crippen molar-refractivity contribution in [1.82, 2.24) is 20.5 Å². The Hall–Kier alpha value is -1.39. The van der Waals surface area contributed by atoms with Crippen LogP contribution in [0.3, 0.4) is 0 Å². The molecule has 1 fully saturated rings. The molecule has 1 aromatic carbocycles. The van der Waals surface area contributed by atoms with Gasteiger partial charge >= 0.3 is 0 Å². The Morgan fingerprint density at radius 1 is 1.26 bits per heavy atom. The number of rotatable bonds is 3. The molecule has 1 unspecified atom stereocenters. The molecule has 1 atom stereocenters. The Balaban J connectivity index is 1.68. The fourth-order valence-electron chi connectivity index (χ4n) is 2.44. The third-order valence-corrected chi connectivity index (χ3v) is 3.75. The molecule has 2 N–H and O–H groups in total. The molecule has 19 heavy (non-hydrogen) atoms. The molecule has 0 aliphatic carbocycles. The molecule has 1 saturated heterocycles. The predicted octanol–water partition coefficient (Wildman–Crippen LogP) is 2.52. The van der Waals surface area contributed by atoms with Gasteiger partial charge in [0.1, 0.15) is 5.82 Å². The van der Waals surface area contributed by atoms with E-state index in [9.17, 15) is 0 Å². The summed E-state index contributed by atoms with van der Waals surface area (Å²) in [6.07, 6.45) is 3.14. The summed E-state index contributed by atoms with van der Waals surface area (Å²) in [5.41, 5.74) is 1.19. The van der Waals surface area contributed by atoms with E-state index in [0.29, 0.717) is 5.92 Å². The standard InChI is InChI=1S/C14H17ClN4/c15-12-5-3-10(4-6-12)8-13-17-14(19-18-13)11-2-1-7-16-9-11/h3-6,11,16H,1-2,7-9H2,(H,17,18,19). The minimum Gasteiger partial charge on any atom is -0.316 e. The van der Waals surface area contributed by atoms with Gasteiger partial charge in [-0.25, -0.2) is 4.98 Å². The number of H-pyrrole nitrogens is 1. The van der Waals surface area contributed by atoms with Crippen molar-refractivity contribution in [1.29, 1.82) is 0 Å². The summed E-state index contributed by atoms with van der Waals surface area (Å²) in [7, 11) is 0. The van der Waals surface area contributed by atoms with E-state index in [1.807, 2.05) is 24.3 Å². The van der Waals surface area contributed by atoms with E-state index in [4.69, 9.17) is 11.6 Å². The maximum absolute atomic E-state index is 5.88. The van der Waals surface area contributed by atoms with Crippen molar-refractivity contribution < 1.29 is 0 Å². The van der Waals surface area contributed by atoms with Crippen LogP contribution in [0.15, 0.2) is 24.3 Å². The van der Waals surface area contributed by atoms with E-state index in [1.54, 1.807) is 0 Å². The van der Waals surface area contributed by atoms with Crippen LogP contribution < -0.4 is 5.32 Å². The van der Waals surface area contributed by atoms with Crippen molar-refractivity contribution in [2.75, 3.05) is 13.1 Å². The molecule has 2 heterocycles. The van der Waals surface area contributed by atoms with Crippen molar-refractivity contribution in [3.8, 4) is 0 Å². The number of nitrogens with one attached hydrogen (secondary N) is 2. The first-order valence-corrected chi connectivity index (χ1v) is 7.05. The average Bonchev–Trinajstić information content (AvgIpc) is 2.91. The number of piperidine rings is 1. The van der Waals surface area contributed by atoms with Gasteiger partial charge in [0.15, 0.2) is 5.82 Å². The van der Waals surface area contributed by atoms with Gasteiger partial charge in [-0.1, -0.05) is 23.7 Å². The first kappa shape index (κ1) is 12.6. The molecule has 100 valence electrons. The Bertz CT molecular complexity index is 529. The predicted molar refractivity (Wildman–Crippen MR) is 75.5 cm³/mol. The molecule has 0 saturated carbocycles. The second-order valence-corrected chi connectivity index (χ2v) is 5.42. The van der Waals surface area contributed by atoms with E-state index in [0.717, 1.165) is 36.2 Å². The van der Waals surface area contributed by atoms with Crippen LogP contribution >= 0.6 is 11.6 Å². The molecule has 3 rings (SSSR count). The maximum Gasteiger partial charge on any atom is 0.155 e. The van der Waals surface area contributed by atoms with Gasteiger partial charge in [0.25, 0.3) is 0 Å². The van der Waals surface area contributed by atoms with Crippen LogP contribution in [0.1, 0.15) is 36.0 Å². The molecule has 0 spiro atoms. The molecule has 0 bridgehead atoms. The van der Waals surface area contributed by atoms with Crippen molar-refractivity contribution in [3.05, 3.63) is 46.5 Å². The number of benzene rings is 1. The van der Waals surface area contributed by atoms with Gasteiger partial charge in [0.05, 0.1) is 0 Å². The maximum atomic E-state index is 5.88. The van der Waals surface area contributed by atoms with Crippen LogP contribution in [0.5, 0.6) is 0 Å². The summed E-state index contributed by atoms with van der Waals surface area (Å²) in [5, 5.41) is 11.5. The van der Waals surface area contributed by atoms with Gasteiger partial charge in [0, 0.05) is 23.9 Å².